The second-order valence-electron chi connectivity index (χ2n) is 14.0. The maximum absolute atomic E-state index is 13.5. The van der Waals surface area contributed by atoms with E-state index in [1.165, 1.54) is 59.9 Å². The van der Waals surface area contributed by atoms with Gasteiger partial charge in [0.2, 0.25) is 0 Å². The Morgan fingerprint density at radius 1 is 0.538 bits per heavy atom. The van der Waals surface area contributed by atoms with Gasteiger partial charge in [0.05, 0.1) is 24.0 Å². The second kappa shape index (κ2) is 21.7. The van der Waals surface area contributed by atoms with Crippen molar-refractivity contribution in [2.24, 2.45) is 0 Å². The van der Waals surface area contributed by atoms with Gasteiger partial charge in [0, 0.05) is 74.7 Å². The molecule has 0 unspecified atom stereocenters. The third kappa shape index (κ3) is 12.7. The fourth-order valence-corrected chi connectivity index (χ4v) is 9.92. The first kappa shape index (κ1) is 50.6. The summed E-state index contributed by atoms with van der Waals surface area (Å²) < 4.78 is 70.7. The number of carboxylic acid groups (broad SMARTS) is 2. The minimum absolute atomic E-state index is 0. The van der Waals surface area contributed by atoms with Gasteiger partial charge in [-0.15, -0.1) is 0 Å². The summed E-state index contributed by atoms with van der Waals surface area (Å²) >= 11 is 2.63. The van der Waals surface area contributed by atoms with Crippen LogP contribution in [0, 0.1) is 0 Å². The van der Waals surface area contributed by atoms with Crippen LogP contribution in [0.15, 0.2) is 107 Å². The molecule has 1 radical (unpaired) electrons. The van der Waals surface area contributed by atoms with Crippen LogP contribution in [-0.2, 0) is 41.3 Å². The van der Waals surface area contributed by atoms with E-state index in [0.717, 1.165) is 24.3 Å². The van der Waals surface area contributed by atoms with Gasteiger partial charge in [-0.05, 0) is 69.4 Å². The maximum atomic E-state index is 13.5. The molecule has 0 bridgehead atoms. The van der Waals surface area contributed by atoms with Crippen molar-refractivity contribution in [2.75, 3.05) is 22.1 Å². The average molecular weight is 970 g/mol. The van der Waals surface area contributed by atoms with Crippen molar-refractivity contribution in [3.05, 3.63) is 130 Å². The summed E-state index contributed by atoms with van der Waals surface area (Å²) in [4.78, 5) is 47.7. The number of fused-ring (bicyclic) bond motifs is 2. The summed E-state index contributed by atoms with van der Waals surface area (Å²) in [6.45, 7) is 0. The number of anilines is 2. The van der Waals surface area contributed by atoms with Crippen molar-refractivity contribution in [2.45, 2.75) is 34.1 Å². The number of nitrogens with one attached hydrogen (secondary N) is 2. The number of carboxylic acids is 2. The van der Waals surface area contributed by atoms with Gasteiger partial charge in [0.15, 0.2) is 0 Å². The first-order valence-corrected chi connectivity index (χ1v) is 24.1. The van der Waals surface area contributed by atoms with Crippen LogP contribution >= 0.6 is 23.5 Å². The fourth-order valence-electron chi connectivity index (χ4n) is 6.66. The molecule has 333 valence electrons. The van der Waals surface area contributed by atoms with E-state index < -0.39 is 53.8 Å². The predicted molar refractivity (Wildman–Crippen MR) is 251 cm³/mol. The molecule has 0 atom stereocenters. The second-order valence-corrected chi connectivity index (χ2v) is 19.0. The van der Waals surface area contributed by atoms with Crippen LogP contribution in [0.3, 0.4) is 0 Å². The van der Waals surface area contributed by atoms with Gasteiger partial charge in [-0.3, -0.25) is 28.3 Å². The van der Waals surface area contributed by atoms with Crippen molar-refractivity contribution >= 4 is 142 Å². The molecular formula is C44H38N2NaO14S4. The third-order valence-corrected chi connectivity index (χ3v) is 13.5. The normalized spacial score (nSPS) is 11.7. The summed E-state index contributed by atoms with van der Waals surface area (Å²) in [6.07, 6.45) is 2.10. The predicted octanol–water partition coefficient (Wildman–Crippen LogP) is 7.61. The number of benzene rings is 6. The molecule has 21 heteroatoms. The number of hydrogen-bond acceptors (Lipinski definition) is 12. The van der Waals surface area contributed by atoms with E-state index in [0.29, 0.717) is 55.7 Å². The maximum Gasteiger partial charge on any atom is 0.304 e. The zero-order valence-corrected chi connectivity index (χ0v) is 39.5. The van der Waals surface area contributed by atoms with E-state index in [4.69, 9.17) is 10.2 Å². The molecule has 16 nitrogen and oxygen atoms in total. The fraction of sp³-hybridized carbons (Fsp3) is 0.136. The Kier molecular flexibility index (Phi) is 16.9. The first-order chi connectivity index (χ1) is 30.3. The molecule has 0 saturated heterocycles. The SMILES string of the molecule is O=C(O)CCSCc1cc(C(=O)Nc2ccc(/C=C/c3ccc(NC(=O)c4cc(CSCCC(=O)O)c5ccccc5c4O)cc3S(=O)(=O)O)c(S(=O)(=O)O)c2)c(O)c2ccccc12.[Na]. The van der Waals surface area contributed by atoms with E-state index in [1.54, 1.807) is 48.5 Å². The topological polar surface area (TPSA) is 282 Å². The van der Waals surface area contributed by atoms with Crippen LogP contribution in [0.1, 0.15) is 55.8 Å². The molecule has 6 rings (SSSR count). The Bertz CT molecular complexity index is 2900. The molecule has 8 N–H and O–H groups in total. The molecule has 0 heterocycles. The number of carbonyl (C=O) groups is 4. The van der Waals surface area contributed by atoms with Crippen molar-refractivity contribution in [3.8, 4) is 11.5 Å². The molecule has 0 aliphatic carbocycles. The molecule has 65 heavy (non-hydrogen) atoms. The third-order valence-electron chi connectivity index (χ3n) is 9.67. The van der Waals surface area contributed by atoms with Crippen molar-refractivity contribution in [1.82, 2.24) is 0 Å². The van der Waals surface area contributed by atoms with E-state index in [9.17, 15) is 55.3 Å². The Morgan fingerprint density at radius 3 is 1.23 bits per heavy atom. The van der Waals surface area contributed by atoms with Crippen molar-refractivity contribution < 1.29 is 65.5 Å². The number of aromatic hydroxyl groups is 2. The summed E-state index contributed by atoms with van der Waals surface area (Å²) in [5.41, 5.74) is 0.380. The minimum Gasteiger partial charge on any atom is -0.506 e. The van der Waals surface area contributed by atoms with Gasteiger partial charge >= 0.3 is 11.9 Å². The minimum atomic E-state index is -5.00. The standard InChI is InChI=1S/C44H38N2O14S4.Na/c47-39(48)15-17-61-23-27-19-35(41(51)33-7-3-1-5-31(27)33)43(53)45-29-13-11-25(37(21-29)63(55,56)57)9-10-26-12-14-30(22-38(26)64(58,59)60)46-44(54)36-20-28(24-62-18-16-40(49)50)32-6-2-4-8-34(32)42(36)52;/h1-14,19-22,51-52H,15-18,23-24H2,(H,45,53)(H,46,54)(H,47,48)(H,49,50)(H,55,56,57)(H,58,59,60);/b10-9+;. The molecule has 6 aromatic carbocycles. The number of phenols is 2. The summed E-state index contributed by atoms with van der Waals surface area (Å²) in [7, 11) is -9.99. The molecule has 0 aliphatic rings. The molecule has 0 aliphatic heterocycles. The Morgan fingerprint density at radius 2 is 0.892 bits per heavy atom. The van der Waals surface area contributed by atoms with Crippen LogP contribution in [0.25, 0.3) is 33.7 Å². The Balaban J connectivity index is 0.00000793. The molecule has 2 amide bonds. The van der Waals surface area contributed by atoms with Gasteiger partial charge in [0.25, 0.3) is 32.1 Å². The zero-order valence-electron chi connectivity index (χ0n) is 34.2. The van der Waals surface area contributed by atoms with E-state index in [2.05, 4.69) is 10.6 Å². The number of aliphatic carboxylic acids is 2. The van der Waals surface area contributed by atoms with Crippen LogP contribution < -0.4 is 10.6 Å². The summed E-state index contributed by atoms with van der Waals surface area (Å²) in [6, 6.07) is 23.3. The van der Waals surface area contributed by atoms with Crippen molar-refractivity contribution in [3.63, 3.8) is 0 Å². The number of carbonyl (C=O) groups excluding carboxylic acids is 2. The summed E-state index contributed by atoms with van der Waals surface area (Å²) in [5.74, 6) is -3.09. The molecule has 0 fully saturated rings. The first-order valence-electron chi connectivity index (χ1n) is 18.9. The Hall–Kier alpha value is -5.42. The molecule has 0 spiro atoms. The van der Waals surface area contributed by atoms with E-state index in [-0.39, 0.29) is 87.5 Å². The van der Waals surface area contributed by atoms with Crippen LogP contribution in [0.2, 0.25) is 0 Å². The van der Waals surface area contributed by atoms with Gasteiger partial charge in [-0.2, -0.15) is 40.4 Å². The number of hydrogen-bond donors (Lipinski definition) is 8. The number of rotatable bonds is 18. The molecule has 0 aromatic heterocycles. The monoisotopic (exact) mass is 969 g/mol. The smallest absolute Gasteiger partial charge is 0.304 e. The van der Waals surface area contributed by atoms with Crippen LogP contribution in [-0.4, -0.2) is 111 Å². The van der Waals surface area contributed by atoms with Gasteiger partial charge in [0.1, 0.15) is 21.3 Å². The van der Waals surface area contributed by atoms with Gasteiger partial charge in [-0.1, -0.05) is 72.8 Å². The number of amides is 2. The van der Waals surface area contributed by atoms with Crippen LogP contribution in [0.5, 0.6) is 11.5 Å². The largest absolute Gasteiger partial charge is 0.506 e. The van der Waals surface area contributed by atoms with Crippen LogP contribution in [0.4, 0.5) is 11.4 Å². The average Bonchev–Trinajstić information content (AvgIpc) is 3.24. The Labute approximate surface area is 402 Å². The van der Waals surface area contributed by atoms with Gasteiger partial charge in [-0.25, -0.2) is 0 Å². The quantitative estimate of drug-likeness (QED) is 0.0178. The molecular weight excluding hydrogens is 932 g/mol. The number of phenolic OH excluding ortho intramolecular Hbond substituents is 2. The number of thioether (sulfide) groups is 2. The van der Waals surface area contributed by atoms with E-state index >= 15 is 0 Å². The molecule has 6 aromatic rings. The van der Waals surface area contributed by atoms with Gasteiger partial charge < -0.3 is 31.1 Å². The molecule has 0 saturated carbocycles. The summed E-state index contributed by atoms with van der Waals surface area (Å²) in [5, 5.41) is 47.1. The van der Waals surface area contributed by atoms with Crippen molar-refractivity contribution in [1.29, 1.82) is 0 Å². The van der Waals surface area contributed by atoms with E-state index in [1.807, 2.05) is 0 Å². The zero-order chi connectivity index (χ0) is 46.3.